The van der Waals surface area contributed by atoms with E-state index in [4.69, 9.17) is 16.6 Å². The average molecular weight is 441 g/mol. The van der Waals surface area contributed by atoms with Crippen LogP contribution in [-0.2, 0) is 0 Å². The van der Waals surface area contributed by atoms with E-state index in [1.54, 1.807) is 12.1 Å². The highest BCUT2D eigenvalue weighted by Gasteiger charge is 2.18. The number of nitrogens with one attached hydrogen (secondary N) is 1. The summed E-state index contributed by atoms with van der Waals surface area (Å²) >= 11 is 9.57. The van der Waals surface area contributed by atoms with E-state index in [1.165, 1.54) is 0 Å². The van der Waals surface area contributed by atoms with E-state index >= 15 is 0 Å². The molecular weight excluding hydrogens is 426 g/mol. The fourth-order valence-electron chi connectivity index (χ4n) is 2.92. The number of anilines is 1. The molecule has 4 rings (SSSR count). The van der Waals surface area contributed by atoms with Gasteiger partial charge >= 0.3 is 0 Å². The van der Waals surface area contributed by atoms with Crippen LogP contribution in [-0.4, -0.2) is 15.3 Å². The molecular formula is C21H15BrClN3O. The van der Waals surface area contributed by atoms with E-state index in [1.807, 2.05) is 66.1 Å². The number of amides is 1. The molecule has 1 N–H and O–H groups in total. The minimum atomic E-state index is -0.206. The molecule has 0 saturated heterocycles. The SMILES string of the molecule is Cc1ccc2nc(-c3cccc(Cl)c3)c(NC(=O)c3cccc(Br)c3)n2c1. The van der Waals surface area contributed by atoms with Crippen molar-refractivity contribution in [3.63, 3.8) is 0 Å². The minimum absolute atomic E-state index is 0.206. The van der Waals surface area contributed by atoms with E-state index in [2.05, 4.69) is 21.2 Å². The highest BCUT2D eigenvalue weighted by atomic mass is 79.9. The summed E-state index contributed by atoms with van der Waals surface area (Å²) in [4.78, 5) is 17.6. The van der Waals surface area contributed by atoms with Gasteiger partial charge in [-0.1, -0.05) is 51.8 Å². The van der Waals surface area contributed by atoms with Crippen molar-refractivity contribution in [1.29, 1.82) is 0 Å². The molecule has 0 saturated carbocycles. The van der Waals surface area contributed by atoms with Crippen molar-refractivity contribution >= 4 is 44.9 Å². The summed E-state index contributed by atoms with van der Waals surface area (Å²) in [5.74, 6) is 0.406. The molecule has 2 heterocycles. The third-order valence-electron chi connectivity index (χ3n) is 4.18. The quantitative estimate of drug-likeness (QED) is 0.426. The summed E-state index contributed by atoms with van der Waals surface area (Å²) in [6, 6.07) is 18.6. The van der Waals surface area contributed by atoms with Gasteiger partial charge in [-0.15, -0.1) is 0 Å². The van der Waals surface area contributed by atoms with Crippen LogP contribution in [0.25, 0.3) is 16.9 Å². The summed E-state index contributed by atoms with van der Waals surface area (Å²) < 4.78 is 2.74. The number of rotatable bonds is 3. The van der Waals surface area contributed by atoms with Crippen LogP contribution in [0.1, 0.15) is 15.9 Å². The Morgan fingerprint density at radius 2 is 1.93 bits per heavy atom. The Bertz CT molecular complexity index is 1170. The fourth-order valence-corrected chi connectivity index (χ4v) is 3.51. The summed E-state index contributed by atoms with van der Waals surface area (Å²) in [5.41, 5.74) is 3.89. The second kappa shape index (κ2) is 7.18. The highest BCUT2D eigenvalue weighted by molar-refractivity contribution is 9.10. The highest BCUT2D eigenvalue weighted by Crippen LogP contribution is 2.31. The molecule has 0 aliphatic heterocycles. The molecule has 2 aromatic heterocycles. The third-order valence-corrected chi connectivity index (χ3v) is 4.91. The number of nitrogens with zero attached hydrogens (tertiary/aromatic N) is 2. The summed E-state index contributed by atoms with van der Waals surface area (Å²) in [6.45, 7) is 2.00. The van der Waals surface area contributed by atoms with Gasteiger partial charge in [0.1, 0.15) is 17.2 Å². The van der Waals surface area contributed by atoms with Crippen molar-refractivity contribution in [3.05, 3.63) is 87.5 Å². The predicted molar refractivity (Wildman–Crippen MR) is 112 cm³/mol. The number of pyridine rings is 1. The van der Waals surface area contributed by atoms with Crippen LogP contribution in [0.5, 0.6) is 0 Å². The van der Waals surface area contributed by atoms with Gasteiger partial charge < -0.3 is 5.32 Å². The van der Waals surface area contributed by atoms with Gasteiger partial charge in [0.2, 0.25) is 0 Å². The number of imidazole rings is 1. The average Bonchev–Trinajstić information content (AvgIpc) is 2.99. The second-order valence-corrected chi connectivity index (χ2v) is 7.57. The summed E-state index contributed by atoms with van der Waals surface area (Å²) in [5, 5.41) is 3.64. The van der Waals surface area contributed by atoms with E-state index in [0.29, 0.717) is 22.1 Å². The third kappa shape index (κ3) is 3.61. The molecule has 0 fully saturated rings. The predicted octanol–water partition coefficient (Wildman–Crippen LogP) is 5.98. The first-order chi connectivity index (χ1) is 13.0. The van der Waals surface area contributed by atoms with Crippen LogP contribution < -0.4 is 5.32 Å². The molecule has 0 bridgehead atoms. The van der Waals surface area contributed by atoms with Gasteiger partial charge in [0.05, 0.1) is 0 Å². The Hall–Kier alpha value is -2.63. The summed E-state index contributed by atoms with van der Waals surface area (Å²) in [7, 11) is 0. The Labute approximate surface area is 169 Å². The lowest BCUT2D eigenvalue weighted by atomic mass is 10.1. The molecule has 4 nitrogen and oxygen atoms in total. The molecule has 0 unspecified atom stereocenters. The zero-order valence-electron chi connectivity index (χ0n) is 14.4. The summed E-state index contributed by atoms with van der Waals surface area (Å²) in [6.07, 6.45) is 1.95. The molecule has 0 radical (unpaired) electrons. The molecule has 27 heavy (non-hydrogen) atoms. The van der Waals surface area contributed by atoms with Crippen molar-refractivity contribution in [2.24, 2.45) is 0 Å². The molecule has 0 spiro atoms. The Morgan fingerprint density at radius 1 is 1.11 bits per heavy atom. The zero-order chi connectivity index (χ0) is 19.0. The molecule has 0 atom stereocenters. The van der Waals surface area contributed by atoms with Crippen LogP contribution in [0, 0.1) is 6.92 Å². The molecule has 4 aromatic rings. The maximum atomic E-state index is 12.8. The lowest BCUT2D eigenvalue weighted by molar-refractivity contribution is 0.102. The topological polar surface area (TPSA) is 46.4 Å². The number of benzene rings is 2. The van der Waals surface area contributed by atoms with Gasteiger partial charge in [0.15, 0.2) is 0 Å². The van der Waals surface area contributed by atoms with E-state index in [-0.39, 0.29) is 5.91 Å². The number of hydrogen-bond acceptors (Lipinski definition) is 2. The van der Waals surface area contributed by atoms with Gasteiger partial charge in [-0.2, -0.15) is 0 Å². The number of aromatic nitrogens is 2. The van der Waals surface area contributed by atoms with Gasteiger partial charge in [-0.3, -0.25) is 9.20 Å². The van der Waals surface area contributed by atoms with Crippen molar-refractivity contribution in [3.8, 4) is 11.3 Å². The first kappa shape index (κ1) is 17.8. The number of carbonyl (C=O) groups excluding carboxylic acids is 1. The van der Waals surface area contributed by atoms with E-state index < -0.39 is 0 Å². The molecule has 0 aliphatic carbocycles. The van der Waals surface area contributed by atoms with E-state index in [0.717, 1.165) is 21.2 Å². The van der Waals surface area contributed by atoms with Gasteiger partial charge in [-0.05, 0) is 48.9 Å². The zero-order valence-corrected chi connectivity index (χ0v) is 16.8. The normalized spacial score (nSPS) is 10.9. The first-order valence-corrected chi connectivity index (χ1v) is 9.50. The monoisotopic (exact) mass is 439 g/mol. The number of fused-ring (bicyclic) bond motifs is 1. The number of carbonyl (C=O) groups is 1. The lowest BCUT2D eigenvalue weighted by Gasteiger charge is -2.09. The smallest absolute Gasteiger partial charge is 0.256 e. The van der Waals surface area contributed by atoms with Crippen LogP contribution in [0.15, 0.2) is 71.3 Å². The van der Waals surface area contributed by atoms with Crippen molar-refractivity contribution in [2.45, 2.75) is 6.92 Å². The molecule has 1 amide bonds. The van der Waals surface area contributed by atoms with Gasteiger partial charge in [0.25, 0.3) is 5.91 Å². The Balaban J connectivity index is 1.85. The Kier molecular flexibility index (Phi) is 4.72. The van der Waals surface area contributed by atoms with Crippen LogP contribution >= 0.6 is 27.5 Å². The molecule has 2 aromatic carbocycles. The fraction of sp³-hybridized carbons (Fsp3) is 0.0476. The largest absolute Gasteiger partial charge is 0.306 e. The van der Waals surface area contributed by atoms with Crippen molar-refractivity contribution in [2.75, 3.05) is 5.32 Å². The van der Waals surface area contributed by atoms with Crippen molar-refractivity contribution in [1.82, 2.24) is 9.38 Å². The molecule has 6 heteroatoms. The minimum Gasteiger partial charge on any atom is -0.306 e. The van der Waals surface area contributed by atoms with Crippen LogP contribution in [0.2, 0.25) is 5.02 Å². The molecule has 0 aliphatic rings. The maximum Gasteiger partial charge on any atom is 0.256 e. The first-order valence-electron chi connectivity index (χ1n) is 8.33. The van der Waals surface area contributed by atoms with Crippen molar-refractivity contribution < 1.29 is 4.79 Å². The maximum absolute atomic E-state index is 12.8. The number of aryl methyl sites for hydroxylation is 1. The van der Waals surface area contributed by atoms with E-state index in [9.17, 15) is 4.79 Å². The van der Waals surface area contributed by atoms with Crippen LogP contribution in [0.3, 0.4) is 0 Å². The number of halogens is 2. The van der Waals surface area contributed by atoms with Gasteiger partial charge in [0, 0.05) is 26.8 Å². The molecule has 134 valence electrons. The van der Waals surface area contributed by atoms with Gasteiger partial charge in [-0.25, -0.2) is 4.98 Å². The van der Waals surface area contributed by atoms with Crippen LogP contribution in [0.4, 0.5) is 5.82 Å². The lowest BCUT2D eigenvalue weighted by Crippen LogP contribution is -2.14. The standard InChI is InChI=1S/C21H15BrClN3O/c1-13-8-9-18-24-19(14-4-3-7-17(23)11-14)20(26(18)12-13)25-21(27)15-5-2-6-16(22)10-15/h2-12H,1H3,(H,25,27). The Morgan fingerprint density at radius 3 is 2.70 bits per heavy atom. The number of hydrogen-bond donors (Lipinski definition) is 1. The second-order valence-electron chi connectivity index (χ2n) is 6.22.